The summed E-state index contributed by atoms with van der Waals surface area (Å²) in [4.78, 5) is 12.8. The maximum absolute atomic E-state index is 13.7. The molecule has 0 spiro atoms. The van der Waals surface area contributed by atoms with E-state index in [-0.39, 0.29) is 11.7 Å². The molecule has 0 saturated heterocycles. The Bertz CT molecular complexity index is 875. The fraction of sp³-hybridized carbons (Fsp3) is 0.118. The molecule has 6 heteroatoms. The summed E-state index contributed by atoms with van der Waals surface area (Å²) in [6.45, 7) is 0. The molecule has 1 heterocycles. The SMILES string of the molecule is COc1ccc(NC(=O)c2cc3c(F)cccc3s2)c(OC)c1. The van der Waals surface area contributed by atoms with Gasteiger partial charge in [0.25, 0.3) is 5.91 Å². The fourth-order valence-electron chi connectivity index (χ4n) is 2.22. The molecule has 0 saturated carbocycles. The Labute approximate surface area is 136 Å². The number of anilines is 1. The molecule has 0 aliphatic rings. The van der Waals surface area contributed by atoms with Gasteiger partial charge >= 0.3 is 0 Å². The van der Waals surface area contributed by atoms with E-state index in [1.807, 2.05) is 0 Å². The lowest BCUT2D eigenvalue weighted by atomic mass is 10.2. The van der Waals surface area contributed by atoms with Gasteiger partial charge in [0, 0.05) is 16.2 Å². The van der Waals surface area contributed by atoms with Gasteiger partial charge in [0.15, 0.2) is 0 Å². The first-order chi connectivity index (χ1) is 11.1. The van der Waals surface area contributed by atoms with Crippen LogP contribution in [-0.4, -0.2) is 20.1 Å². The molecule has 0 aliphatic carbocycles. The number of ether oxygens (including phenoxy) is 2. The second-order valence-corrected chi connectivity index (χ2v) is 5.87. The van der Waals surface area contributed by atoms with Crippen molar-refractivity contribution in [3.05, 3.63) is 53.2 Å². The van der Waals surface area contributed by atoms with E-state index in [2.05, 4.69) is 5.32 Å². The number of carbonyl (C=O) groups is 1. The lowest BCUT2D eigenvalue weighted by Gasteiger charge is -2.10. The normalized spacial score (nSPS) is 10.6. The second-order valence-electron chi connectivity index (χ2n) is 4.78. The number of nitrogens with one attached hydrogen (secondary N) is 1. The zero-order valence-electron chi connectivity index (χ0n) is 12.6. The summed E-state index contributed by atoms with van der Waals surface area (Å²) in [7, 11) is 3.07. The smallest absolute Gasteiger partial charge is 0.265 e. The summed E-state index contributed by atoms with van der Waals surface area (Å²) in [5, 5.41) is 3.23. The molecule has 1 amide bonds. The van der Waals surface area contributed by atoms with E-state index in [9.17, 15) is 9.18 Å². The van der Waals surface area contributed by atoms with Crippen LogP contribution in [0.25, 0.3) is 10.1 Å². The van der Waals surface area contributed by atoms with E-state index in [0.717, 1.165) is 4.70 Å². The fourth-order valence-corrected chi connectivity index (χ4v) is 3.19. The van der Waals surface area contributed by atoms with Gasteiger partial charge in [0.05, 0.1) is 24.8 Å². The number of halogens is 1. The van der Waals surface area contributed by atoms with E-state index in [4.69, 9.17) is 9.47 Å². The van der Waals surface area contributed by atoms with E-state index in [1.54, 1.807) is 43.5 Å². The molecule has 0 atom stereocenters. The predicted octanol–water partition coefficient (Wildman–Crippen LogP) is 4.31. The summed E-state index contributed by atoms with van der Waals surface area (Å²) in [6, 6.07) is 11.5. The zero-order chi connectivity index (χ0) is 16.4. The number of rotatable bonds is 4. The standard InChI is InChI=1S/C17H14FNO3S/c1-21-10-6-7-13(14(8-10)22-2)19-17(20)16-9-11-12(18)4-3-5-15(11)23-16/h3-9H,1-2H3,(H,19,20). The monoisotopic (exact) mass is 331 g/mol. The molecule has 0 radical (unpaired) electrons. The van der Waals surface area contributed by atoms with Crippen molar-refractivity contribution in [3.8, 4) is 11.5 Å². The minimum absolute atomic E-state index is 0.311. The number of methoxy groups -OCH3 is 2. The highest BCUT2D eigenvalue weighted by Gasteiger charge is 2.15. The molecule has 0 aliphatic heterocycles. The number of hydrogen-bond donors (Lipinski definition) is 1. The average molecular weight is 331 g/mol. The molecule has 118 valence electrons. The molecule has 0 fully saturated rings. The molecule has 0 unspecified atom stereocenters. The van der Waals surface area contributed by atoms with Gasteiger partial charge in [-0.1, -0.05) is 6.07 Å². The molecule has 1 N–H and O–H groups in total. The highest BCUT2D eigenvalue weighted by atomic mass is 32.1. The van der Waals surface area contributed by atoms with Crippen LogP contribution >= 0.6 is 11.3 Å². The zero-order valence-corrected chi connectivity index (χ0v) is 13.4. The molecular formula is C17H14FNO3S. The molecule has 0 bridgehead atoms. The van der Waals surface area contributed by atoms with Crippen molar-refractivity contribution in [1.82, 2.24) is 0 Å². The Kier molecular flexibility index (Phi) is 4.16. The lowest BCUT2D eigenvalue weighted by Crippen LogP contribution is -2.11. The Morgan fingerprint density at radius 3 is 2.65 bits per heavy atom. The van der Waals surface area contributed by atoms with Gasteiger partial charge < -0.3 is 14.8 Å². The van der Waals surface area contributed by atoms with Crippen LogP contribution in [0.15, 0.2) is 42.5 Å². The number of hydrogen-bond acceptors (Lipinski definition) is 4. The number of thiophene rings is 1. The van der Waals surface area contributed by atoms with Crippen LogP contribution in [0.4, 0.5) is 10.1 Å². The van der Waals surface area contributed by atoms with Crippen LogP contribution in [0, 0.1) is 5.82 Å². The largest absolute Gasteiger partial charge is 0.497 e. The molecule has 2 aromatic carbocycles. The minimum atomic E-state index is -0.333. The van der Waals surface area contributed by atoms with Crippen molar-refractivity contribution < 1.29 is 18.7 Å². The maximum Gasteiger partial charge on any atom is 0.265 e. The third-order valence-corrected chi connectivity index (χ3v) is 4.49. The first-order valence-corrected chi connectivity index (χ1v) is 7.65. The minimum Gasteiger partial charge on any atom is -0.497 e. The van der Waals surface area contributed by atoms with E-state index < -0.39 is 0 Å². The topological polar surface area (TPSA) is 47.6 Å². The number of fused-ring (bicyclic) bond motifs is 1. The quantitative estimate of drug-likeness (QED) is 0.775. The summed E-state index contributed by atoms with van der Waals surface area (Å²) in [5.41, 5.74) is 0.524. The first-order valence-electron chi connectivity index (χ1n) is 6.84. The van der Waals surface area contributed by atoms with E-state index >= 15 is 0 Å². The van der Waals surface area contributed by atoms with Crippen molar-refractivity contribution in [2.24, 2.45) is 0 Å². The van der Waals surface area contributed by atoms with E-state index in [1.165, 1.54) is 24.5 Å². The van der Waals surface area contributed by atoms with Crippen molar-refractivity contribution in [1.29, 1.82) is 0 Å². The van der Waals surface area contributed by atoms with Gasteiger partial charge in [-0.3, -0.25) is 4.79 Å². The van der Waals surface area contributed by atoms with Crippen LogP contribution in [0.5, 0.6) is 11.5 Å². The van der Waals surface area contributed by atoms with Gasteiger partial charge in [-0.2, -0.15) is 0 Å². The van der Waals surface area contributed by atoms with Crippen molar-refractivity contribution in [2.45, 2.75) is 0 Å². The molecule has 23 heavy (non-hydrogen) atoms. The van der Waals surface area contributed by atoms with Crippen molar-refractivity contribution >= 4 is 33.0 Å². The van der Waals surface area contributed by atoms with Gasteiger partial charge in [0.2, 0.25) is 0 Å². The van der Waals surface area contributed by atoms with Crippen LogP contribution in [-0.2, 0) is 0 Å². The molecule has 4 nitrogen and oxygen atoms in total. The third kappa shape index (κ3) is 2.98. The average Bonchev–Trinajstić information content (AvgIpc) is 3.01. The highest BCUT2D eigenvalue weighted by molar-refractivity contribution is 7.20. The summed E-state index contributed by atoms with van der Waals surface area (Å²) in [5.74, 6) is 0.475. The van der Waals surface area contributed by atoms with Gasteiger partial charge in [-0.05, 0) is 30.3 Å². The molecule has 3 aromatic rings. The summed E-state index contributed by atoms with van der Waals surface area (Å²) < 4.78 is 24.8. The number of carbonyl (C=O) groups excluding carboxylic acids is 1. The maximum atomic E-state index is 13.7. The predicted molar refractivity (Wildman–Crippen MR) is 89.3 cm³/mol. The van der Waals surface area contributed by atoms with Gasteiger partial charge in [0.1, 0.15) is 17.3 Å². The third-order valence-electron chi connectivity index (χ3n) is 3.39. The van der Waals surface area contributed by atoms with Gasteiger partial charge in [-0.25, -0.2) is 4.39 Å². The second kappa shape index (κ2) is 6.26. The van der Waals surface area contributed by atoms with Crippen molar-refractivity contribution in [3.63, 3.8) is 0 Å². The Morgan fingerprint density at radius 2 is 1.96 bits per heavy atom. The van der Waals surface area contributed by atoms with Crippen LogP contribution in [0.2, 0.25) is 0 Å². The summed E-state index contributed by atoms with van der Waals surface area (Å²) in [6.07, 6.45) is 0. The van der Waals surface area contributed by atoms with Crippen LogP contribution in [0.3, 0.4) is 0 Å². The number of benzene rings is 2. The highest BCUT2D eigenvalue weighted by Crippen LogP contribution is 2.31. The van der Waals surface area contributed by atoms with Crippen LogP contribution in [0.1, 0.15) is 9.67 Å². The Balaban J connectivity index is 1.90. The molecular weight excluding hydrogens is 317 g/mol. The van der Waals surface area contributed by atoms with Crippen molar-refractivity contribution in [2.75, 3.05) is 19.5 Å². The number of amides is 1. The van der Waals surface area contributed by atoms with Gasteiger partial charge in [-0.15, -0.1) is 11.3 Å². The summed E-state index contributed by atoms with van der Waals surface area (Å²) >= 11 is 1.24. The molecule has 1 aromatic heterocycles. The Hall–Kier alpha value is -2.60. The Morgan fingerprint density at radius 1 is 1.13 bits per heavy atom. The lowest BCUT2D eigenvalue weighted by molar-refractivity contribution is 0.103. The molecule has 3 rings (SSSR count). The first kappa shape index (κ1) is 15.3. The van der Waals surface area contributed by atoms with Crippen LogP contribution < -0.4 is 14.8 Å². The van der Waals surface area contributed by atoms with E-state index in [0.29, 0.717) is 27.4 Å².